The average molecular weight is 250 g/mol. The van der Waals surface area contributed by atoms with Crippen molar-refractivity contribution in [3.8, 4) is 0 Å². The minimum Gasteiger partial charge on any atom is -0.394 e. The summed E-state index contributed by atoms with van der Waals surface area (Å²) in [7, 11) is 0. The maximum Gasteiger partial charge on any atom is 0.186 e. The quantitative estimate of drug-likeness (QED) is 0.499. The van der Waals surface area contributed by atoms with Crippen LogP contribution in [0.2, 0.25) is 0 Å². The molecule has 6 nitrogen and oxygen atoms in total. The predicted molar refractivity (Wildman–Crippen MR) is 59.2 cm³/mol. The number of hydrogen-bond donors (Lipinski definition) is 4. The zero-order valence-electron chi connectivity index (χ0n) is 10.2. The highest BCUT2D eigenvalue weighted by Gasteiger charge is 2.44. The standard InChI is InChI=1S/C11H22O6/c1-3-6(4-2)16-11-10(15)9(14)8(13)7(5-12)17-11/h6-15H,3-5H2,1-2H3. The molecule has 5 atom stereocenters. The van der Waals surface area contributed by atoms with Crippen LogP contribution in [0, 0.1) is 0 Å². The minimum atomic E-state index is -1.37. The summed E-state index contributed by atoms with van der Waals surface area (Å²) in [6.45, 7) is 3.45. The third-order valence-corrected chi connectivity index (χ3v) is 3.09. The molecule has 4 N–H and O–H groups in total. The first-order valence-electron chi connectivity index (χ1n) is 6.01. The molecule has 0 amide bonds. The van der Waals surface area contributed by atoms with Gasteiger partial charge in [0.25, 0.3) is 0 Å². The van der Waals surface area contributed by atoms with Crippen molar-refractivity contribution in [2.75, 3.05) is 6.61 Å². The van der Waals surface area contributed by atoms with E-state index in [0.717, 1.165) is 12.8 Å². The second-order valence-corrected chi connectivity index (χ2v) is 4.27. The summed E-state index contributed by atoms with van der Waals surface area (Å²) in [5.74, 6) is 0. The van der Waals surface area contributed by atoms with E-state index in [0.29, 0.717) is 0 Å². The van der Waals surface area contributed by atoms with E-state index in [2.05, 4.69) is 0 Å². The fraction of sp³-hybridized carbons (Fsp3) is 1.00. The van der Waals surface area contributed by atoms with Gasteiger partial charge in [-0.2, -0.15) is 0 Å². The van der Waals surface area contributed by atoms with Crippen LogP contribution in [0.3, 0.4) is 0 Å². The minimum absolute atomic E-state index is 0.0866. The first-order valence-corrected chi connectivity index (χ1v) is 6.01. The predicted octanol–water partition coefficient (Wildman–Crippen LogP) is -1.01. The van der Waals surface area contributed by atoms with E-state index in [9.17, 15) is 15.3 Å². The Labute approximate surface area is 101 Å². The van der Waals surface area contributed by atoms with Crippen LogP contribution in [-0.4, -0.2) is 63.8 Å². The molecule has 6 heteroatoms. The third kappa shape index (κ3) is 3.37. The molecule has 0 saturated carbocycles. The lowest BCUT2D eigenvalue weighted by Gasteiger charge is -2.40. The molecule has 102 valence electrons. The van der Waals surface area contributed by atoms with E-state index in [-0.39, 0.29) is 6.10 Å². The van der Waals surface area contributed by atoms with Crippen molar-refractivity contribution in [1.29, 1.82) is 0 Å². The van der Waals surface area contributed by atoms with Crippen LogP contribution >= 0.6 is 0 Å². The largest absolute Gasteiger partial charge is 0.394 e. The van der Waals surface area contributed by atoms with Crippen LogP contribution in [0.4, 0.5) is 0 Å². The van der Waals surface area contributed by atoms with Crippen LogP contribution in [0.25, 0.3) is 0 Å². The normalized spacial score (nSPS) is 38.6. The Morgan fingerprint density at radius 1 is 1.06 bits per heavy atom. The fourth-order valence-electron chi connectivity index (χ4n) is 1.85. The Hall–Kier alpha value is -0.240. The summed E-state index contributed by atoms with van der Waals surface area (Å²) in [5, 5.41) is 37.8. The van der Waals surface area contributed by atoms with Gasteiger partial charge in [0.05, 0.1) is 12.7 Å². The lowest BCUT2D eigenvalue weighted by Crippen LogP contribution is -2.59. The molecular weight excluding hydrogens is 228 g/mol. The monoisotopic (exact) mass is 250 g/mol. The molecule has 0 aromatic rings. The molecule has 0 radical (unpaired) electrons. The van der Waals surface area contributed by atoms with E-state index in [4.69, 9.17) is 14.6 Å². The Balaban J connectivity index is 2.65. The van der Waals surface area contributed by atoms with Crippen LogP contribution in [0.1, 0.15) is 26.7 Å². The van der Waals surface area contributed by atoms with Crippen LogP contribution in [0.5, 0.6) is 0 Å². The lowest BCUT2D eigenvalue weighted by molar-refractivity contribution is -0.311. The van der Waals surface area contributed by atoms with Crippen molar-refractivity contribution in [3.63, 3.8) is 0 Å². The van der Waals surface area contributed by atoms with Crippen molar-refractivity contribution < 1.29 is 29.9 Å². The average Bonchev–Trinajstić information content (AvgIpc) is 2.35. The number of ether oxygens (including phenoxy) is 2. The van der Waals surface area contributed by atoms with Crippen molar-refractivity contribution in [1.82, 2.24) is 0 Å². The first-order chi connectivity index (χ1) is 8.04. The Kier molecular flexibility index (Phi) is 5.78. The number of aliphatic hydroxyl groups excluding tert-OH is 4. The Morgan fingerprint density at radius 3 is 2.12 bits per heavy atom. The van der Waals surface area contributed by atoms with Crippen molar-refractivity contribution in [3.05, 3.63) is 0 Å². The van der Waals surface area contributed by atoms with Gasteiger partial charge in [0.2, 0.25) is 0 Å². The molecule has 0 aromatic carbocycles. The van der Waals surface area contributed by atoms with Gasteiger partial charge in [0.1, 0.15) is 24.4 Å². The number of aliphatic hydroxyl groups is 4. The van der Waals surface area contributed by atoms with Crippen LogP contribution in [-0.2, 0) is 9.47 Å². The van der Waals surface area contributed by atoms with E-state index in [1.54, 1.807) is 0 Å². The van der Waals surface area contributed by atoms with Crippen molar-refractivity contribution in [2.45, 2.75) is 63.5 Å². The number of hydrogen-bond acceptors (Lipinski definition) is 6. The number of rotatable bonds is 5. The Morgan fingerprint density at radius 2 is 1.65 bits per heavy atom. The van der Waals surface area contributed by atoms with Crippen LogP contribution < -0.4 is 0 Å². The van der Waals surface area contributed by atoms with Crippen molar-refractivity contribution >= 4 is 0 Å². The fourth-order valence-corrected chi connectivity index (χ4v) is 1.85. The molecular formula is C11H22O6. The SMILES string of the molecule is CCC(CC)OC1OC(CO)C(O)C(O)C1O. The zero-order valence-corrected chi connectivity index (χ0v) is 10.2. The molecule has 0 aromatic heterocycles. The highest BCUT2D eigenvalue weighted by molar-refractivity contribution is 4.89. The molecule has 1 fully saturated rings. The summed E-state index contributed by atoms with van der Waals surface area (Å²) in [6.07, 6.45) is -4.53. The molecule has 0 spiro atoms. The summed E-state index contributed by atoms with van der Waals surface area (Å²) in [5.41, 5.74) is 0. The van der Waals surface area contributed by atoms with Crippen LogP contribution in [0.15, 0.2) is 0 Å². The van der Waals surface area contributed by atoms with Gasteiger partial charge >= 0.3 is 0 Å². The Bertz CT molecular complexity index is 216. The smallest absolute Gasteiger partial charge is 0.186 e. The van der Waals surface area contributed by atoms with E-state index < -0.39 is 37.3 Å². The molecule has 1 rings (SSSR count). The highest BCUT2D eigenvalue weighted by atomic mass is 16.7. The molecule has 1 aliphatic heterocycles. The van der Waals surface area contributed by atoms with Gasteiger partial charge in [-0.15, -0.1) is 0 Å². The van der Waals surface area contributed by atoms with Gasteiger partial charge in [-0.3, -0.25) is 0 Å². The molecule has 0 bridgehead atoms. The van der Waals surface area contributed by atoms with Gasteiger partial charge in [0, 0.05) is 0 Å². The molecule has 1 heterocycles. The molecule has 17 heavy (non-hydrogen) atoms. The molecule has 0 aliphatic carbocycles. The highest BCUT2D eigenvalue weighted by Crippen LogP contribution is 2.23. The molecule has 1 aliphatic rings. The second kappa shape index (κ2) is 6.63. The summed E-state index contributed by atoms with van der Waals surface area (Å²) in [6, 6.07) is 0. The molecule has 5 unspecified atom stereocenters. The van der Waals surface area contributed by atoms with Crippen molar-refractivity contribution in [2.24, 2.45) is 0 Å². The topological polar surface area (TPSA) is 99.4 Å². The second-order valence-electron chi connectivity index (χ2n) is 4.27. The summed E-state index contributed by atoms with van der Waals surface area (Å²) in [4.78, 5) is 0. The van der Waals surface area contributed by atoms with Gasteiger partial charge in [-0.1, -0.05) is 13.8 Å². The van der Waals surface area contributed by atoms with E-state index in [1.165, 1.54) is 0 Å². The summed E-state index contributed by atoms with van der Waals surface area (Å²) < 4.78 is 10.7. The maximum atomic E-state index is 9.72. The van der Waals surface area contributed by atoms with Gasteiger partial charge in [-0.25, -0.2) is 0 Å². The third-order valence-electron chi connectivity index (χ3n) is 3.09. The summed E-state index contributed by atoms with van der Waals surface area (Å²) >= 11 is 0. The maximum absolute atomic E-state index is 9.72. The van der Waals surface area contributed by atoms with Gasteiger partial charge < -0.3 is 29.9 Å². The van der Waals surface area contributed by atoms with E-state index in [1.807, 2.05) is 13.8 Å². The zero-order chi connectivity index (χ0) is 13.0. The first kappa shape index (κ1) is 14.8. The van der Waals surface area contributed by atoms with E-state index >= 15 is 0 Å². The lowest BCUT2D eigenvalue weighted by atomic mass is 9.99. The van der Waals surface area contributed by atoms with Gasteiger partial charge in [-0.05, 0) is 12.8 Å². The van der Waals surface area contributed by atoms with Gasteiger partial charge in [0.15, 0.2) is 6.29 Å². The molecule has 1 saturated heterocycles.